The topological polar surface area (TPSA) is 45.2 Å². The van der Waals surface area contributed by atoms with Gasteiger partial charge in [-0.15, -0.1) is 0 Å². The van der Waals surface area contributed by atoms with Gasteiger partial charge in [-0.05, 0) is 25.8 Å². The summed E-state index contributed by atoms with van der Waals surface area (Å²) in [6, 6.07) is 8.03. The predicted molar refractivity (Wildman–Crippen MR) is 66.8 cm³/mol. The van der Waals surface area contributed by atoms with E-state index in [2.05, 4.69) is 4.98 Å². The van der Waals surface area contributed by atoms with E-state index in [0.717, 1.165) is 35.9 Å². The molecule has 0 spiro atoms. The Morgan fingerprint density at radius 2 is 2.24 bits per heavy atom. The van der Waals surface area contributed by atoms with Gasteiger partial charge in [0.05, 0.1) is 5.60 Å². The second kappa shape index (κ2) is 3.86. The first-order valence-corrected chi connectivity index (χ1v) is 6.09. The first-order chi connectivity index (χ1) is 8.21. The molecule has 90 valence electrons. The van der Waals surface area contributed by atoms with Gasteiger partial charge in [0.25, 0.3) is 0 Å². The molecule has 17 heavy (non-hydrogen) atoms. The molecule has 1 fully saturated rings. The number of para-hydroxylation sites is 1. The summed E-state index contributed by atoms with van der Waals surface area (Å²) in [5, 5.41) is 11.6. The van der Waals surface area contributed by atoms with Crippen LogP contribution < -0.4 is 0 Å². The van der Waals surface area contributed by atoms with Gasteiger partial charge in [-0.1, -0.05) is 18.2 Å². The van der Waals surface area contributed by atoms with Gasteiger partial charge in [-0.25, -0.2) is 0 Å². The summed E-state index contributed by atoms with van der Waals surface area (Å²) in [5.41, 5.74) is 1.55. The number of H-pyrrole nitrogens is 1. The van der Waals surface area contributed by atoms with Gasteiger partial charge >= 0.3 is 0 Å². The van der Waals surface area contributed by atoms with Gasteiger partial charge in [0.1, 0.15) is 6.10 Å². The lowest BCUT2D eigenvalue weighted by Crippen LogP contribution is -2.31. The van der Waals surface area contributed by atoms with E-state index in [1.807, 2.05) is 37.4 Å². The summed E-state index contributed by atoms with van der Waals surface area (Å²) in [6.07, 6.45) is 3.26. The zero-order valence-corrected chi connectivity index (χ0v) is 9.94. The minimum Gasteiger partial charge on any atom is -0.385 e. The van der Waals surface area contributed by atoms with E-state index in [1.54, 1.807) is 0 Å². The van der Waals surface area contributed by atoms with Gasteiger partial charge in [-0.2, -0.15) is 0 Å². The lowest BCUT2D eigenvalue weighted by atomic mass is 9.90. The second-order valence-electron chi connectivity index (χ2n) is 4.96. The highest BCUT2D eigenvalue weighted by atomic mass is 16.5. The summed E-state index contributed by atoms with van der Waals surface area (Å²) >= 11 is 0. The predicted octanol–water partition coefficient (Wildman–Crippen LogP) is 2.77. The molecule has 1 aromatic heterocycles. The number of hydrogen-bond acceptors (Lipinski definition) is 2. The first kappa shape index (κ1) is 10.8. The molecule has 2 N–H and O–H groups in total. The van der Waals surface area contributed by atoms with Crippen molar-refractivity contribution in [2.75, 3.05) is 6.61 Å². The number of benzene rings is 1. The van der Waals surface area contributed by atoms with Crippen molar-refractivity contribution in [2.45, 2.75) is 31.5 Å². The highest BCUT2D eigenvalue weighted by Crippen LogP contribution is 2.39. The van der Waals surface area contributed by atoms with Crippen LogP contribution in [0.3, 0.4) is 0 Å². The van der Waals surface area contributed by atoms with Crippen molar-refractivity contribution >= 4 is 10.9 Å². The number of ether oxygens (including phenoxy) is 1. The van der Waals surface area contributed by atoms with Crippen LogP contribution in [0.4, 0.5) is 0 Å². The number of aromatic nitrogens is 1. The van der Waals surface area contributed by atoms with E-state index in [1.165, 1.54) is 0 Å². The molecule has 1 aliphatic rings. The normalized spacial score (nSPS) is 26.5. The van der Waals surface area contributed by atoms with E-state index >= 15 is 0 Å². The molecule has 1 aliphatic heterocycles. The largest absolute Gasteiger partial charge is 0.385 e. The summed E-state index contributed by atoms with van der Waals surface area (Å²) in [4.78, 5) is 3.19. The molecule has 1 saturated heterocycles. The Labute approximate surface area is 100 Å². The van der Waals surface area contributed by atoms with Crippen molar-refractivity contribution in [3.63, 3.8) is 0 Å². The van der Waals surface area contributed by atoms with Crippen molar-refractivity contribution in [1.82, 2.24) is 4.98 Å². The van der Waals surface area contributed by atoms with Crippen LogP contribution in [0.25, 0.3) is 10.9 Å². The lowest BCUT2D eigenvalue weighted by Gasteiger charge is -2.29. The Balaban J connectivity index is 2.03. The maximum Gasteiger partial charge on any atom is 0.110 e. The van der Waals surface area contributed by atoms with Gasteiger partial charge < -0.3 is 14.8 Å². The van der Waals surface area contributed by atoms with Gasteiger partial charge in [0.2, 0.25) is 0 Å². The molecule has 2 heterocycles. The fourth-order valence-electron chi connectivity index (χ4n) is 2.67. The number of hydrogen-bond donors (Lipinski definition) is 2. The molecule has 0 aliphatic carbocycles. The number of fused-ring (bicyclic) bond motifs is 1. The smallest absolute Gasteiger partial charge is 0.110 e. The van der Waals surface area contributed by atoms with Crippen molar-refractivity contribution in [2.24, 2.45) is 0 Å². The fourth-order valence-corrected chi connectivity index (χ4v) is 2.67. The van der Waals surface area contributed by atoms with Crippen molar-refractivity contribution in [1.29, 1.82) is 0 Å². The van der Waals surface area contributed by atoms with E-state index in [4.69, 9.17) is 4.74 Å². The number of aliphatic hydroxyl groups excluding tert-OH is 1. The maximum absolute atomic E-state index is 10.5. The molecule has 3 heteroatoms. The molecule has 3 rings (SSSR count). The molecular weight excluding hydrogens is 214 g/mol. The minimum absolute atomic E-state index is 0.440. The zero-order valence-electron chi connectivity index (χ0n) is 9.94. The Kier molecular flexibility index (Phi) is 2.45. The second-order valence-corrected chi connectivity index (χ2v) is 4.96. The Hall–Kier alpha value is -1.32. The van der Waals surface area contributed by atoms with Crippen LogP contribution in [0.1, 0.15) is 31.4 Å². The molecule has 1 aromatic carbocycles. The molecule has 0 radical (unpaired) electrons. The van der Waals surface area contributed by atoms with Crippen LogP contribution in [0.5, 0.6) is 0 Å². The summed E-state index contributed by atoms with van der Waals surface area (Å²) in [7, 11) is 0. The monoisotopic (exact) mass is 231 g/mol. The average Bonchev–Trinajstić information content (AvgIpc) is 2.95. The Morgan fingerprint density at radius 1 is 1.41 bits per heavy atom. The van der Waals surface area contributed by atoms with E-state index < -0.39 is 11.7 Å². The van der Waals surface area contributed by atoms with E-state index in [9.17, 15) is 5.11 Å². The molecule has 2 atom stereocenters. The minimum atomic E-state index is -0.568. The number of aliphatic hydroxyl groups is 1. The SMILES string of the molecule is CC1(C(O)c2c[nH]c3ccccc23)CCCO1. The van der Waals surface area contributed by atoms with E-state index in [-0.39, 0.29) is 0 Å². The van der Waals surface area contributed by atoms with Crippen LogP contribution in [-0.2, 0) is 4.74 Å². The quantitative estimate of drug-likeness (QED) is 0.834. The lowest BCUT2D eigenvalue weighted by molar-refractivity contribution is -0.0790. The van der Waals surface area contributed by atoms with Crippen molar-refractivity contribution < 1.29 is 9.84 Å². The third kappa shape index (κ3) is 1.66. The number of rotatable bonds is 2. The zero-order chi connectivity index (χ0) is 11.9. The van der Waals surface area contributed by atoms with Crippen molar-refractivity contribution in [3.8, 4) is 0 Å². The average molecular weight is 231 g/mol. The fraction of sp³-hybridized carbons (Fsp3) is 0.429. The highest BCUT2D eigenvalue weighted by molar-refractivity contribution is 5.83. The molecule has 3 nitrogen and oxygen atoms in total. The van der Waals surface area contributed by atoms with Crippen LogP contribution in [0.15, 0.2) is 30.5 Å². The van der Waals surface area contributed by atoms with Gasteiger partial charge in [-0.3, -0.25) is 0 Å². The van der Waals surface area contributed by atoms with Crippen LogP contribution >= 0.6 is 0 Å². The molecule has 0 amide bonds. The Morgan fingerprint density at radius 3 is 3.00 bits per heavy atom. The Bertz CT molecular complexity index is 526. The van der Waals surface area contributed by atoms with Gasteiger partial charge in [0, 0.05) is 29.3 Å². The van der Waals surface area contributed by atoms with Crippen LogP contribution in [-0.4, -0.2) is 22.3 Å². The van der Waals surface area contributed by atoms with Crippen LogP contribution in [0, 0.1) is 0 Å². The summed E-state index contributed by atoms with van der Waals surface area (Å²) < 4.78 is 5.71. The molecular formula is C14H17NO2. The number of aromatic amines is 1. The standard InChI is InChI=1S/C14H17NO2/c1-14(7-4-8-17-14)13(16)11-9-15-12-6-3-2-5-10(11)12/h2-3,5-6,9,13,15-16H,4,7-8H2,1H3. The number of nitrogens with one attached hydrogen (secondary N) is 1. The molecule has 0 saturated carbocycles. The third-order valence-electron chi connectivity index (χ3n) is 3.74. The molecule has 2 aromatic rings. The third-order valence-corrected chi connectivity index (χ3v) is 3.74. The maximum atomic E-state index is 10.5. The summed E-state index contributed by atoms with van der Waals surface area (Å²) in [6.45, 7) is 2.74. The van der Waals surface area contributed by atoms with E-state index in [0.29, 0.717) is 0 Å². The highest BCUT2D eigenvalue weighted by Gasteiger charge is 2.39. The first-order valence-electron chi connectivity index (χ1n) is 6.09. The van der Waals surface area contributed by atoms with Gasteiger partial charge in [0.15, 0.2) is 0 Å². The van der Waals surface area contributed by atoms with Crippen molar-refractivity contribution in [3.05, 3.63) is 36.0 Å². The summed E-state index contributed by atoms with van der Waals surface area (Å²) in [5.74, 6) is 0. The molecule has 2 unspecified atom stereocenters. The van der Waals surface area contributed by atoms with Crippen LogP contribution in [0.2, 0.25) is 0 Å². The molecule has 0 bridgehead atoms.